The Hall–Kier alpha value is -3.09. The SMILES string of the molecule is COc1cc(/C=N/O)ccc1OCC(=O)Nc1ccc(F)cc1. The van der Waals surface area contributed by atoms with E-state index in [4.69, 9.17) is 14.7 Å². The fourth-order valence-electron chi connectivity index (χ4n) is 1.82. The number of nitrogens with one attached hydrogen (secondary N) is 1. The first-order valence-electron chi connectivity index (χ1n) is 6.66. The quantitative estimate of drug-likeness (QED) is 0.487. The molecule has 6 nitrogen and oxygen atoms in total. The molecule has 2 rings (SSSR count). The molecule has 7 heteroatoms. The Bertz CT molecular complexity index is 702. The monoisotopic (exact) mass is 318 g/mol. The molecule has 120 valence electrons. The molecule has 2 aromatic rings. The molecule has 0 spiro atoms. The van der Waals surface area contributed by atoms with E-state index >= 15 is 0 Å². The zero-order chi connectivity index (χ0) is 16.7. The van der Waals surface area contributed by atoms with Crippen LogP contribution in [0.4, 0.5) is 10.1 Å². The van der Waals surface area contributed by atoms with Gasteiger partial charge in [0, 0.05) is 11.3 Å². The van der Waals surface area contributed by atoms with Crippen molar-refractivity contribution >= 4 is 17.8 Å². The number of hydrogen-bond donors (Lipinski definition) is 2. The summed E-state index contributed by atoms with van der Waals surface area (Å²) in [6.07, 6.45) is 1.24. The molecule has 0 bridgehead atoms. The highest BCUT2D eigenvalue weighted by molar-refractivity contribution is 5.91. The van der Waals surface area contributed by atoms with E-state index in [9.17, 15) is 9.18 Å². The highest BCUT2D eigenvalue weighted by atomic mass is 19.1. The van der Waals surface area contributed by atoms with Crippen molar-refractivity contribution in [2.45, 2.75) is 0 Å². The Morgan fingerprint density at radius 1 is 1.26 bits per heavy atom. The Labute approximate surface area is 132 Å². The maximum Gasteiger partial charge on any atom is 0.262 e. The van der Waals surface area contributed by atoms with Gasteiger partial charge in [-0.05, 0) is 42.5 Å². The van der Waals surface area contributed by atoms with Crippen LogP contribution in [0.1, 0.15) is 5.56 Å². The summed E-state index contributed by atoms with van der Waals surface area (Å²) in [5, 5.41) is 14.0. The largest absolute Gasteiger partial charge is 0.493 e. The first kappa shape index (κ1) is 16.3. The molecule has 0 aliphatic heterocycles. The van der Waals surface area contributed by atoms with Crippen molar-refractivity contribution in [1.29, 1.82) is 0 Å². The third-order valence-corrected chi connectivity index (χ3v) is 2.88. The van der Waals surface area contributed by atoms with Gasteiger partial charge in [0.15, 0.2) is 18.1 Å². The van der Waals surface area contributed by atoms with Gasteiger partial charge in [-0.1, -0.05) is 5.16 Å². The van der Waals surface area contributed by atoms with Crippen molar-refractivity contribution in [3.63, 3.8) is 0 Å². The smallest absolute Gasteiger partial charge is 0.262 e. The lowest BCUT2D eigenvalue weighted by Gasteiger charge is -2.11. The Kier molecular flexibility index (Phi) is 5.51. The van der Waals surface area contributed by atoms with E-state index in [0.29, 0.717) is 22.7 Å². The average Bonchev–Trinajstić information content (AvgIpc) is 2.56. The molecule has 0 unspecified atom stereocenters. The number of benzene rings is 2. The maximum absolute atomic E-state index is 12.8. The lowest BCUT2D eigenvalue weighted by molar-refractivity contribution is -0.118. The lowest BCUT2D eigenvalue weighted by atomic mass is 10.2. The van der Waals surface area contributed by atoms with Gasteiger partial charge in [-0.2, -0.15) is 0 Å². The molecule has 0 fully saturated rings. The standard InChI is InChI=1S/C16H15FN2O4/c1-22-15-8-11(9-18-21)2-7-14(15)23-10-16(20)19-13-5-3-12(17)4-6-13/h2-9,21H,10H2,1H3,(H,19,20)/b18-9+. The normalized spacial score (nSPS) is 10.5. The van der Waals surface area contributed by atoms with Crippen LogP contribution in [-0.2, 0) is 4.79 Å². The van der Waals surface area contributed by atoms with Gasteiger partial charge in [0.2, 0.25) is 0 Å². The van der Waals surface area contributed by atoms with Gasteiger partial charge >= 0.3 is 0 Å². The predicted octanol–water partition coefficient (Wildman–Crippen LogP) is 2.66. The van der Waals surface area contributed by atoms with Crippen molar-refractivity contribution in [2.75, 3.05) is 19.0 Å². The van der Waals surface area contributed by atoms with Crippen LogP contribution in [0.15, 0.2) is 47.6 Å². The van der Waals surface area contributed by atoms with Crippen molar-refractivity contribution in [2.24, 2.45) is 5.16 Å². The molecule has 23 heavy (non-hydrogen) atoms. The molecule has 0 saturated heterocycles. The minimum absolute atomic E-state index is 0.235. The predicted molar refractivity (Wildman–Crippen MR) is 82.9 cm³/mol. The molecule has 2 N–H and O–H groups in total. The zero-order valence-electron chi connectivity index (χ0n) is 12.3. The molecule has 0 heterocycles. The first-order chi connectivity index (χ1) is 11.1. The average molecular weight is 318 g/mol. The second kappa shape index (κ2) is 7.79. The number of methoxy groups -OCH3 is 1. The van der Waals surface area contributed by atoms with Gasteiger partial charge in [0.1, 0.15) is 5.82 Å². The summed E-state index contributed by atoms with van der Waals surface area (Å²) in [7, 11) is 1.46. The molecule has 0 aromatic heterocycles. The van der Waals surface area contributed by atoms with Crippen LogP contribution in [0.5, 0.6) is 11.5 Å². The molecular weight excluding hydrogens is 303 g/mol. The summed E-state index contributed by atoms with van der Waals surface area (Å²) < 4.78 is 23.3. The van der Waals surface area contributed by atoms with Crippen LogP contribution in [0.3, 0.4) is 0 Å². The molecule has 1 amide bonds. The summed E-state index contributed by atoms with van der Waals surface area (Å²) in [5.74, 6) is 0.00369. The number of ether oxygens (including phenoxy) is 2. The fourth-order valence-corrected chi connectivity index (χ4v) is 1.82. The van der Waals surface area contributed by atoms with E-state index in [1.165, 1.54) is 37.6 Å². The number of halogens is 1. The van der Waals surface area contributed by atoms with Gasteiger partial charge in [0.25, 0.3) is 5.91 Å². The molecule has 0 aliphatic carbocycles. The number of carbonyl (C=O) groups excluding carboxylic acids is 1. The van der Waals surface area contributed by atoms with E-state index in [1.54, 1.807) is 18.2 Å². The van der Waals surface area contributed by atoms with E-state index < -0.39 is 0 Å². The number of amides is 1. The first-order valence-corrected chi connectivity index (χ1v) is 6.66. The Morgan fingerprint density at radius 2 is 2.00 bits per heavy atom. The van der Waals surface area contributed by atoms with Gasteiger partial charge in [-0.15, -0.1) is 0 Å². The lowest BCUT2D eigenvalue weighted by Crippen LogP contribution is -2.20. The zero-order valence-corrected chi connectivity index (χ0v) is 12.3. The van der Waals surface area contributed by atoms with Crippen molar-refractivity contribution in [1.82, 2.24) is 0 Å². The molecule has 0 aliphatic rings. The highest BCUT2D eigenvalue weighted by Gasteiger charge is 2.09. The summed E-state index contributed by atoms with van der Waals surface area (Å²) in [6.45, 7) is -0.235. The van der Waals surface area contributed by atoms with Gasteiger partial charge in [0.05, 0.1) is 13.3 Å². The van der Waals surface area contributed by atoms with Crippen molar-refractivity contribution in [3.8, 4) is 11.5 Å². The van der Waals surface area contributed by atoms with Crippen LogP contribution < -0.4 is 14.8 Å². The van der Waals surface area contributed by atoms with Crippen molar-refractivity contribution in [3.05, 3.63) is 53.8 Å². The van der Waals surface area contributed by atoms with Crippen LogP contribution >= 0.6 is 0 Å². The summed E-state index contributed by atoms with van der Waals surface area (Å²) in [6, 6.07) is 10.3. The summed E-state index contributed by atoms with van der Waals surface area (Å²) in [5.41, 5.74) is 1.09. The van der Waals surface area contributed by atoms with Crippen LogP contribution in [0, 0.1) is 5.82 Å². The number of oxime groups is 1. The Morgan fingerprint density at radius 3 is 2.65 bits per heavy atom. The number of anilines is 1. The van der Waals surface area contributed by atoms with E-state index in [1.807, 2.05) is 0 Å². The number of carbonyl (C=O) groups is 1. The third kappa shape index (κ3) is 4.70. The second-order valence-electron chi connectivity index (χ2n) is 4.50. The van der Waals surface area contributed by atoms with Gasteiger partial charge in [-0.25, -0.2) is 4.39 Å². The van der Waals surface area contributed by atoms with E-state index in [0.717, 1.165) is 0 Å². The number of hydrogen-bond acceptors (Lipinski definition) is 5. The molecule has 0 saturated carbocycles. The minimum Gasteiger partial charge on any atom is -0.493 e. The van der Waals surface area contributed by atoms with Gasteiger partial charge < -0.3 is 20.0 Å². The number of nitrogens with zero attached hydrogens (tertiary/aromatic N) is 1. The van der Waals surface area contributed by atoms with Crippen LogP contribution in [0.2, 0.25) is 0 Å². The third-order valence-electron chi connectivity index (χ3n) is 2.88. The summed E-state index contributed by atoms with van der Waals surface area (Å²) in [4.78, 5) is 11.8. The van der Waals surface area contributed by atoms with Crippen LogP contribution in [0.25, 0.3) is 0 Å². The van der Waals surface area contributed by atoms with Crippen LogP contribution in [-0.4, -0.2) is 31.0 Å². The Balaban J connectivity index is 1.97. The van der Waals surface area contributed by atoms with E-state index in [2.05, 4.69) is 10.5 Å². The maximum atomic E-state index is 12.8. The number of rotatable bonds is 6. The van der Waals surface area contributed by atoms with Gasteiger partial charge in [-0.3, -0.25) is 4.79 Å². The molecular formula is C16H15FN2O4. The minimum atomic E-state index is -0.389. The highest BCUT2D eigenvalue weighted by Crippen LogP contribution is 2.27. The van der Waals surface area contributed by atoms with E-state index in [-0.39, 0.29) is 18.3 Å². The molecule has 0 atom stereocenters. The fraction of sp³-hybridized carbons (Fsp3) is 0.125. The van der Waals surface area contributed by atoms with Crippen molar-refractivity contribution < 1.29 is 23.9 Å². The molecule has 0 radical (unpaired) electrons. The molecule has 2 aromatic carbocycles. The summed E-state index contributed by atoms with van der Waals surface area (Å²) >= 11 is 0. The second-order valence-corrected chi connectivity index (χ2v) is 4.50. The topological polar surface area (TPSA) is 80.2 Å².